The van der Waals surface area contributed by atoms with Gasteiger partial charge in [-0.2, -0.15) is 0 Å². The van der Waals surface area contributed by atoms with E-state index in [4.69, 9.17) is 9.84 Å². The molecule has 1 aromatic rings. The molecule has 20 heavy (non-hydrogen) atoms. The van der Waals surface area contributed by atoms with Gasteiger partial charge in [0.15, 0.2) is 18.1 Å². The van der Waals surface area contributed by atoms with Crippen LogP contribution in [0, 0.1) is 0 Å². The molecule has 0 saturated heterocycles. The molecule has 0 heterocycles. The van der Waals surface area contributed by atoms with Gasteiger partial charge in [0.2, 0.25) is 0 Å². The zero-order valence-electron chi connectivity index (χ0n) is 12.1. The Kier molecular flexibility index (Phi) is 6.87. The lowest BCUT2D eigenvalue weighted by molar-refractivity contribution is -0.136. The lowest BCUT2D eigenvalue weighted by Crippen LogP contribution is -2.44. The number of nitrogens with zero attached hydrogens (tertiary/aromatic N) is 1. The summed E-state index contributed by atoms with van der Waals surface area (Å²) >= 11 is 0. The molecule has 112 valence electrons. The average molecular weight is 281 g/mol. The minimum atomic E-state index is -0.184. The summed E-state index contributed by atoms with van der Waals surface area (Å²) in [5, 5.41) is 18.7. The fraction of sp³-hybridized carbons (Fsp3) is 0.533. The first-order valence-corrected chi connectivity index (χ1v) is 6.95. The lowest BCUT2D eigenvalue weighted by atomic mass is 10.1. The van der Waals surface area contributed by atoms with E-state index in [1.807, 2.05) is 13.8 Å². The van der Waals surface area contributed by atoms with Crippen molar-refractivity contribution in [3.63, 3.8) is 0 Å². The van der Waals surface area contributed by atoms with Crippen molar-refractivity contribution in [3.8, 4) is 11.5 Å². The molecule has 0 bridgehead atoms. The van der Waals surface area contributed by atoms with Gasteiger partial charge in [-0.05, 0) is 25.0 Å². The van der Waals surface area contributed by atoms with Crippen molar-refractivity contribution in [2.24, 2.45) is 0 Å². The highest BCUT2D eigenvalue weighted by Gasteiger charge is 2.21. The third-order valence-electron chi connectivity index (χ3n) is 3.26. The van der Waals surface area contributed by atoms with Gasteiger partial charge in [0.1, 0.15) is 0 Å². The molecular weight excluding hydrogens is 258 g/mol. The molecule has 0 saturated carbocycles. The number of phenols is 1. The van der Waals surface area contributed by atoms with Gasteiger partial charge in [-0.1, -0.05) is 26.0 Å². The van der Waals surface area contributed by atoms with Crippen LogP contribution in [0.5, 0.6) is 11.5 Å². The highest BCUT2D eigenvalue weighted by atomic mass is 16.5. The summed E-state index contributed by atoms with van der Waals surface area (Å²) < 4.78 is 5.34. The molecule has 0 spiro atoms. The first-order valence-electron chi connectivity index (χ1n) is 6.95. The molecular formula is C15H23NO4. The molecule has 0 aliphatic carbocycles. The van der Waals surface area contributed by atoms with Gasteiger partial charge in [0, 0.05) is 12.6 Å². The zero-order chi connectivity index (χ0) is 15.0. The van der Waals surface area contributed by atoms with E-state index in [1.165, 1.54) is 6.07 Å². The number of hydrogen-bond acceptors (Lipinski definition) is 4. The van der Waals surface area contributed by atoms with E-state index in [9.17, 15) is 9.90 Å². The Morgan fingerprint density at radius 2 is 1.95 bits per heavy atom. The van der Waals surface area contributed by atoms with Crippen LogP contribution in [0.1, 0.15) is 26.7 Å². The van der Waals surface area contributed by atoms with Crippen LogP contribution < -0.4 is 4.74 Å². The maximum Gasteiger partial charge on any atom is 0.260 e. The summed E-state index contributed by atoms with van der Waals surface area (Å²) in [4.78, 5) is 13.8. The first-order chi connectivity index (χ1) is 9.63. The van der Waals surface area contributed by atoms with Gasteiger partial charge in [0.25, 0.3) is 5.91 Å². The first kappa shape index (κ1) is 16.3. The van der Waals surface area contributed by atoms with Crippen LogP contribution in [0.3, 0.4) is 0 Å². The van der Waals surface area contributed by atoms with E-state index < -0.39 is 0 Å². The van der Waals surface area contributed by atoms with Crippen LogP contribution in [0.15, 0.2) is 24.3 Å². The van der Waals surface area contributed by atoms with Gasteiger partial charge in [-0.15, -0.1) is 0 Å². The van der Waals surface area contributed by atoms with Crippen molar-refractivity contribution >= 4 is 5.91 Å². The van der Waals surface area contributed by atoms with Crippen molar-refractivity contribution < 1.29 is 19.7 Å². The number of aromatic hydroxyl groups is 1. The quantitative estimate of drug-likeness (QED) is 0.762. The molecule has 0 aliphatic rings. The summed E-state index contributed by atoms with van der Waals surface area (Å²) in [6, 6.07) is 6.63. The normalized spacial score (nSPS) is 10.6. The predicted molar refractivity (Wildman–Crippen MR) is 76.8 cm³/mol. The van der Waals surface area contributed by atoms with E-state index in [0.29, 0.717) is 6.54 Å². The topological polar surface area (TPSA) is 70.0 Å². The number of hydrogen-bond donors (Lipinski definition) is 2. The second-order valence-electron chi connectivity index (χ2n) is 4.54. The molecule has 0 unspecified atom stereocenters. The molecule has 2 N–H and O–H groups in total. The summed E-state index contributed by atoms with van der Waals surface area (Å²) in [6.07, 6.45) is 1.66. The van der Waals surface area contributed by atoms with Crippen LogP contribution in [0.4, 0.5) is 0 Å². The van der Waals surface area contributed by atoms with Crippen molar-refractivity contribution in [2.45, 2.75) is 32.7 Å². The summed E-state index contributed by atoms with van der Waals surface area (Å²) in [7, 11) is 0. The summed E-state index contributed by atoms with van der Waals surface area (Å²) in [5.74, 6) is 0.113. The molecule has 5 nitrogen and oxygen atoms in total. The molecule has 1 amide bonds. The molecule has 0 aliphatic heterocycles. The molecule has 0 atom stereocenters. The number of carbonyl (C=O) groups is 1. The Morgan fingerprint density at radius 3 is 2.50 bits per heavy atom. The maximum absolute atomic E-state index is 12.2. The number of rotatable bonds is 8. The van der Waals surface area contributed by atoms with E-state index in [0.717, 1.165) is 12.8 Å². The van der Waals surface area contributed by atoms with E-state index in [-0.39, 0.29) is 36.7 Å². The Labute approximate surface area is 119 Å². The number of carbonyl (C=O) groups excluding carboxylic acids is 1. The standard InChI is InChI=1S/C15H23NO4/c1-3-12(4-2)16(9-10-17)15(19)11-20-14-8-6-5-7-13(14)18/h5-8,12,17-18H,3-4,9-11H2,1-2H3. The molecule has 0 radical (unpaired) electrons. The monoisotopic (exact) mass is 281 g/mol. The Morgan fingerprint density at radius 1 is 1.30 bits per heavy atom. The molecule has 0 fully saturated rings. The molecule has 1 aromatic carbocycles. The van der Waals surface area contributed by atoms with Crippen LogP contribution >= 0.6 is 0 Å². The molecule has 0 aromatic heterocycles. The molecule has 1 rings (SSSR count). The third kappa shape index (κ3) is 4.42. The Hall–Kier alpha value is -1.75. The van der Waals surface area contributed by atoms with Gasteiger partial charge in [-0.25, -0.2) is 0 Å². The number of amides is 1. The smallest absolute Gasteiger partial charge is 0.260 e. The minimum Gasteiger partial charge on any atom is -0.504 e. The highest BCUT2D eigenvalue weighted by molar-refractivity contribution is 5.78. The number of aliphatic hydroxyl groups excluding tert-OH is 1. The number of para-hydroxylation sites is 2. The number of benzene rings is 1. The number of aliphatic hydroxyl groups is 1. The van der Waals surface area contributed by atoms with Gasteiger partial charge in [-0.3, -0.25) is 4.79 Å². The van der Waals surface area contributed by atoms with Crippen molar-refractivity contribution in [1.82, 2.24) is 4.90 Å². The van der Waals surface area contributed by atoms with E-state index in [1.54, 1.807) is 23.1 Å². The van der Waals surface area contributed by atoms with Crippen molar-refractivity contribution in [1.29, 1.82) is 0 Å². The fourth-order valence-corrected chi connectivity index (χ4v) is 2.15. The summed E-state index contributed by atoms with van der Waals surface area (Å²) in [5.41, 5.74) is 0. The fourth-order valence-electron chi connectivity index (χ4n) is 2.15. The molecule has 5 heteroatoms. The van der Waals surface area contributed by atoms with Crippen LogP contribution in [-0.2, 0) is 4.79 Å². The Balaban J connectivity index is 2.64. The lowest BCUT2D eigenvalue weighted by Gasteiger charge is -2.30. The van der Waals surface area contributed by atoms with Crippen molar-refractivity contribution in [2.75, 3.05) is 19.8 Å². The summed E-state index contributed by atoms with van der Waals surface area (Å²) in [6.45, 7) is 4.10. The largest absolute Gasteiger partial charge is 0.504 e. The predicted octanol–water partition coefficient (Wildman–Crippen LogP) is 1.78. The van der Waals surface area contributed by atoms with Crippen LogP contribution in [-0.4, -0.2) is 46.8 Å². The Bertz CT molecular complexity index is 418. The number of ether oxygens (including phenoxy) is 1. The van der Waals surface area contributed by atoms with Crippen molar-refractivity contribution in [3.05, 3.63) is 24.3 Å². The SMILES string of the molecule is CCC(CC)N(CCO)C(=O)COc1ccccc1O. The minimum absolute atomic E-state index is 0.0107. The average Bonchev–Trinajstić information content (AvgIpc) is 2.46. The van der Waals surface area contributed by atoms with Gasteiger partial charge < -0.3 is 19.8 Å². The van der Waals surface area contributed by atoms with E-state index in [2.05, 4.69) is 0 Å². The van der Waals surface area contributed by atoms with Gasteiger partial charge >= 0.3 is 0 Å². The second kappa shape index (κ2) is 8.43. The second-order valence-corrected chi connectivity index (χ2v) is 4.54. The van der Waals surface area contributed by atoms with Gasteiger partial charge in [0.05, 0.1) is 6.61 Å². The highest BCUT2D eigenvalue weighted by Crippen LogP contribution is 2.24. The van der Waals surface area contributed by atoms with E-state index >= 15 is 0 Å². The van der Waals surface area contributed by atoms with Crippen LogP contribution in [0.25, 0.3) is 0 Å². The maximum atomic E-state index is 12.2. The third-order valence-corrected chi connectivity index (χ3v) is 3.26. The van der Waals surface area contributed by atoms with Crippen LogP contribution in [0.2, 0.25) is 0 Å². The number of phenolic OH excluding ortho intramolecular Hbond substituents is 1. The zero-order valence-corrected chi connectivity index (χ0v) is 12.1.